The molecule has 0 amide bonds. The standard InChI is InChI=1S/C28H29NO5/c1-18(2)25(30)32-17-16-29-22-12-8-7-11-21(22)27(5,6)28(29)15-14-20-10-9-13-23(24(20)34-28)33-26(31)19(3)4/h7-15H,1,3,16-17H2,2,4-6H3. The molecule has 2 aromatic rings. The van der Waals surface area contributed by atoms with Crippen molar-refractivity contribution >= 4 is 23.7 Å². The van der Waals surface area contributed by atoms with E-state index in [0.29, 0.717) is 29.2 Å². The monoisotopic (exact) mass is 459 g/mol. The van der Waals surface area contributed by atoms with Crippen molar-refractivity contribution in [3.63, 3.8) is 0 Å². The molecule has 0 saturated carbocycles. The van der Waals surface area contributed by atoms with Crippen molar-refractivity contribution in [2.75, 3.05) is 18.1 Å². The minimum atomic E-state index is -0.939. The van der Waals surface area contributed by atoms with Crippen LogP contribution in [0.1, 0.15) is 38.8 Å². The zero-order valence-corrected chi connectivity index (χ0v) is 20.0. The number of hydrogen-bond donors (Lipinski definition) is 0. The quantitative estimate of drug-likeness (QED) is 0.337. The minimum absolute atomic E-state index is 0.161. The number of carbonyl (C=O) groups is 2. The largest absolute Gasteiger partial charge is 0.460 e. The van der Waals surface area contributed by atoms with Crippen molar-refractivity contribution in [3.05, 3.63) is 84.0 Å². The number of fused-ring (bicyclic) bond motifs is 2. The lowest BCUT2D eigenvalue weighted by Crippen LogP contribution is -2.60. The molecule has 1 spiro atoms. The molecule has 0 bridgehead atoms. The third-order valence-electron chi connectivity index (χ3n) is 6.37. The van der Waals surface area contributed by atoms with Crippen LogP contribution in [0.15, 0.2) is 72.8 Å². The van der Waals surface area contributed by atoms with Crippen LogP contribution in [0.3, 0.4) is 0 Å². The highest BCUT2D eigenvalue weighted by atomic mass is 16.6. The summed E-state index contributed by atoms with van der Waals surface area (Å²) in [5, 5.41) is 0. The van der Waals surface area contributed by atoms with E-state index in [1.165, 1.54) is 0 Å². The summed E-state index contributed by atoms with van der Waals surface area (Å²) in [5.41, 5.74) is 2.12. The van der Waals surface area contributed by atoms with Gasteiger partial charge >= 0.3 is 11.9 Å². The maximum atomic E-state index is 12.3. The van der Waals surface area contributed by atoms with Gasteiger partial charge in [0.2, 0.25) is 5.72 Å². The second-order valence-electron chi connectivity index (χ2n) is 9.19. The maximum absolute atomic E-state index is 12.3. The summed E-state index contributed by atoms with van der Waals surface area (Å²) in [5.74, 6) is -0.141. The molecule has 0 aliphatic carbocycles. The molecule has 1 atom stereocenters. The summed E-state index contributed by atoms with van der Waals surface area (Å²) in [6, 6.07) is 13.5. The van der Waals surface area contributed by atoms with Crippen molar-refractivity contribution in [1.82, 2.24) is 0 Å². The maximum Gasteiger partial charge on any atom is 0.338 e. The van der Waals surface area contributed by atoms with Gasteiger partial charge in [-0.2, -0.15) is 0 Å². The number of hydrogen-bond acceptors (Lipinski definition) is 6. The first kappa shape index (κ1) is 23.4. The first-order chi connectivity index (χ1) is 16.1. The molecule has 0 aromatic heterocycles. The van der Waals surface area contributed by atoms with Crippen molar-refractivity contribution in [2.24, 2.45) is 0 Å². The zero-order valence-electron chi connectivity index (χ0n) is 20.0. The van der Waals surface area contributed by atoms with Crippen molar-refractivity contribution < 1.29 is 23.8 Å². The molecule has 2 aliphatic heterocycles. The normalized spacial score (nSPS) is 19.1. The molecule has 0 saturated heterocycles. The number of para-hydroxylation sites is 2. The molecular formula is C28H29NO5. The Labute approximate surface area is 200 Å². The van der Waals surface area contributed by atoms with E-state index in [9.17, 15) is 9.59 Å². The van der Waals surface area contributed by atoms with E-state index in [2.05, 4.69) is 38.0 Å². The van der Waals surface area contributed by atoms with Crippen molar-refractivity contribution in [1.29, 1.82) is 0 Å². The molecular weight excluding hydrogens is 430 g/mol. The van der Waals surface area contributed by atoms with Gasteiger partial charge in [0.05, 0.1) is 12.0 Å². The molecule has 2 heterocycles. The number of benzene rings is 2. The highest BCUT2D eigenvalue weighted by Crippen LogP contribution is 2.55. The predicted octanol–water partition coefficient (Wildman–Crippen LogP) is 5.19. The Kier molecular flexibility index (Phi) is 5.86. The van der Waals surface area contributed by atoms with Crippen LogP contribution < -0.4 is 14.4 Å². The summed E-state index contributed by atoms with van der Waals surface area (Å²) < 4.78 is 17.8. The van der Waals surface area contributed by atoms with E-state index < -0.39 is 23.1 Å². The van der Waals surface area contributed by atoms with E-state index >= 15 is 0 Å². The Hall–Kier alpha value is -3.80. The van der Waals surface area contributed by atoms with E-state index in [1.54, 1.807) is 19.9 Å². The number of esters is 2. The number of carbonyl (C=O) groups excluding carboxylic acids is 2. The van der Waals surface area contributed by atoms with Crippen LogP contribution >= 0.6 is 0 Å². The number of rotatable bonds is 6. The average Bonchev–Trinajstić information content (AvgIpc) is 2.98. The summed E-state index contributed by atoms with van der Waals surface area (Å²) in [6.07, 6.45) is 4.01. The SMILES string of the molecule is C=C(C)C(=O)OCCN1c2ccccc2C(C)(C)C12C=Cc1cccc(OC(=O)C(=C)C)c1O2. The molecule has 2 aromatic carbocycles. The van der Waals surface area contributed by atoms with Gasteiger partial charge in [0, 0.05) is 22.4 Å². The lowest BCUT2D eigenvalue weighted by Gasteiger charge is -2.47. The minimum Gasteiger partial charge on any atom is -0.460 e. The third kappa shape index (κ3) is 3.69. The Bertz CT molecular complexity index is 1230. The van der Waals surface area contributed by atoms with Gasteiger partial charge in [0.25, 0.3) is 0 Å². The fourth-order valence-corrected chi connectivity index (χ4v) is 4.50. The van der Waals surface area contributed by atoms with Crippen molar-refractivity contribution in [3.8, 4) is 11.5 Å². The molecule has 4 rings (SSSR count). The van der Waals surface area contributed by atoms with Crippen LogP contribution in [-0.2, 0) is 19.7 Å². The number of nitrogens with zero attached hydrogens (tertiary/aromatic N) is 1. The van der Waals surface area contributed by atoms with Crippen LogP contribution in [0.2, 0.25) is 0 Å². The Balaban J connectivity index is 1.76. The van der Waals surface area contributed by atoms with Crippen molar-refractivity contribution in [2.45, 2.75) is 38.8 Å². The second kappa shape index (κ2) is 8.52. The van der Waals surface area contributed by atoms with E-state index in [1.807, 2.05) is 42.5 Å². The molecule has 34 heavy (non-hydrogen) atoms. The average molecular weight is 460 g/mol. The van der Waals surface area contributed by atoms with Gasteiger partial charge in [-0.3, -0.25) is 0 Å². The van der Waals surface area contributed by atoms with Gasteiger partial charge < -0.3 is 19.1 Å². The van der Waals surface area contributed by atoms with Gasteiger partial charge in [-0.25, -0.2) is 9.59 Å². The van der Waals surface area contributed by atoms with Crippen LogP contribution in [0.4, 0.5) is 5.69 Å². The molecule has 0 fully saturated rings. The molecule has 0 radical (unpaired) electrons. The summed E-state index contributed by atoms with van der Waals surface area (Å²) in [4.78, 5) is 26.4. The fourth-order valence-electron chi connectivity index (χ4n) is 4.50. The first-order valence-electron chi connectivity index (χ1n) is 11.2. The molecule has 2 aliphatic rings. The van der Waals surface area contributed by atoms with E-state index in [4.69, 9.17) is 14.2 Å². The van der Waals surface area contributed by atoms with Gasteiger partial charge in [-0.1, -0.05) is 43.5 Å². The lowest BCUT2D eigenvalue weighted by molar-refractivity contribution is -0.138. The number of anilines is 1. The summed E-state index contributed by atoms with van der Waals surface area (Å²) >= 11 is 0. The van der Waals surface area contributed by atoms with Crippen LogP contribution in [0.25, 0.3) is 6.08 Å². The van der Waals surface area contributed by atoms with Crippen LogP contribution in [0.5, 0.6) is 11.5 Å². The van der Waals surface area contributed by atoms with Gasteiger partial charge in [-0.15, -0.1) is 0 Å². The van der Waals surface area contributed by atoms with E-state index in [0.717, 1.165) is 16.8 Å². The fraction of sp³-hybridized carbons (Fsp3) is 0.286. The van der Waals surface area contributed by atoms with E-state index in [-0.39, 0.29) is 6.61 Å². The topological polar surface area (TPSA) is 65.1 Å². The zero-order chi connectivity index (χ0) is 24.7. The summed E-state index contributed by atoms with van der Waals surface area (Å²) in [6.45, 7) is 15.3. The predicted molar refractivity (Wildman–Crippen MR) is 132 cm³/mol. The highest BCUT2D eigenvalue weighted by Gasteiger charge is 2.59. The molecule has 1 unspecified atom stereocenters. The molecule has 176 valence electrons. The Morgan fingerprint density at radius 3 is 2.41 bits per heavy atom. The Morgan fingerprint density at radius 1 is 1.00 bits per heavy atom. The first-order valence-corrected chi connectivity index (χ1v) is 11.2. The van der Waals surface area contributed by atoms with Gasteiger partial charge in [0.1, 0.15) is 6.61 Å². The smallest absolute Gasteiger partial charge is 0.338 e. The summed E-state index contributed by atoms with van der Waals surface area (Å²) in [7, 11) is 0. The molecule has 6 heteroatoms. The highest BCUT2D eigenvalue weighted by molar-refractivity contribution is 5.89. The van der Waals surface area contributed by atoms with Crippen LogP contribution in [0, 0.1) is 0 Å². The van der Waals surface area contributed by atoms with Crippen LogP contribution in [-0.4, -0.2) is 30.8 Å². The second-order valence-corrected chi connectivity index (χ2v) is 9.19. The molecule has 0 N–H and O–H groups in total. The van der Waals surface area contributed by atoms with Gasteiger partial charge in [0.15, 0.2) is 11.5 Å². The number of ether oxygens (including phenoxy) is 3. The molecule has 6 nitrogen and oxygen atoms in total. The lowest BCUT2D eigenvalue weighted by atomic mass is 9.76. The third-order valence-corrected chi connectivity index (χ3v) is 6.37. The van der Waals surface area contributed by atoms with Gasteiger partial charge in [-0.05, 0) is 57.5 Å². The Morgan fingerprint density at radius 2 is 1.71 bits per heavy atom.